The zero-order valence-corrected chi connectivity index (χ0v) is 9.78. The van der Waals surface area contributed by atoms with Crippen molar-refractivity contribution >= 4 is 11.8 Å². The second-order valence-corrected chi connectivity index (χ2v) is 3.70. The Balaban J connectivity index is 3.52. The molecule has 0 aromatic rings. The topological polar surface area (TPSA) is 87.7 Å². The Hall–Kier alpha value is -1.14. The first kappa shape index (κ1) is 14.9. The average Bonchev–Trinajstić information content (AvgIpc) is 2.25. The second-order valence-electron chi connectivity index (χ2n) is 3.70. The van der Waals surface area contributed by atoms with Crippen molar-refractivity contribution in [2.45, 2.75) is 13.8 Å². The van der Waals surface area contributed by atoms with Gasteiger partial charge in [0, 0.05) is 13.1 Å². The van der Waals surface area contributed by atoms with Crippen molar-refractivity contribution in [3.8, 4) is 0 Å². The first-order valence-corrected chi connectivity index (χ1v) is 5.32. The van der Waals surface area contributed by atoms with E-state index in [2.05, 4.69) is 10.6 Å². The van der Waals surface area contributed by atoms with Crippen molar-refractivity contribution in [3.05, 3.63) is 0 Å². The summed E-state index contributed by atoms with van der Waals surface area (Å²) in [5.74, 6) is -0.978. The third-order valence-electron chi connectivity index (χ3n) is 1.64. The molecule has 0 aliphatic carbocycles. The Morgan fingerprint density at radius 3 is 2.38 bits per heavy atom. The molecule has 0 saturated heterocycles. The van der Waals surface area contributed by atoms with Gasteiger partial charge in [0.15, 0.2) is 0 Å². The van der Waals surface area contributed by atoms with Gasteiger partial charge in [-0.05, 0) is 5.92 Å². The molecule has 0 atom stereocenters. The van der Waals surface area contributed by atoms with Crippen LogP contribution in [0.15, 0.2) is 0 Å². The van der Waals surface area contributed by atoms with Gasteiger partial charge in [-0.25, -0.2) is 0 Å². The van der Waals surface area contributed by atoms with E-state index in [1.54, 1.807) is 0 Å². The van der Waals surface area contributed by atoms with Gasteiger partial charge in [0.05, 0.1) is 19.8 Å². The Kier molecular flexibility index (Phi) is 8.46. The van der Waals surface area contributed by atoms with Crippen LogP contribution in [0.25, 0.3) is 0 Å². The lowest BCUT2D eigenvalue weighted by Gasteiger charge is -2.08. The Labute approximate surface area is 95.4 Å². The summed E-state index contributed by atoms with van der Waals surface area (Å²) in [4.78, 5) is 22.3. The van der Waals surface area contributed by atoms with Gasteiger partial charge in [0.1, 0.15) is 0 Å². The van der Waals surface area contributed by atoms with E-state index in [-0.39, 0.29) is 26.4 Å². The number of hydrogen-bond acceptors (Lipinski definition) is 4. The van der Waals surface area contributed by atoms with Crippen LogP contribution in [0.5, 0.6) is 0 Å². The molecular formula is C10H20N2O4. The molecule has 0 aliphatic rings. The summed E-state index contributed by atoms with van der Waals surface area (Å²) in [6.07, 6.45) is 0. The van der Waals surface area contributed by atoms with Crippen LogP contribution in [0.2, 0.25) is 0 Å². The zero-order valence-electron chi connectivity index (χ0n) is 9.78. The fourth-order valence-electron chi connectivity index (χ4n) is 0.861. The molecule has 2 amide bonds. The van der Waals surface area contributed by atoms with Crippen molar-refractivity contribution in [2.75, 3.05) is 32.9 Å². The summed E-state index contributed by atoms with van der Waals surface area (Å²) in [6, 6.07) is 0. The normalized spacial score (nSPS) is 10.2. The molecule has 0 fully saturated rings. The van der Waals surface area contributed by atoms with E-state index in [4.69, 9.17) is 9.84 Å². The van der Waals surface area contributed by atoms with Crippen molar-refractivity contribution in [1.82, 2.24) is 10.6 Å². The molecule has 0 rings (SSSR count). The number of aliphatic hydroxyl groups excluding tert-OH is 1. The molecule has 16 heavy (non-hydrogen) atoms. The van der Waals surface area contributed by atoms with E-state index in [1.165, 1.54) is 0 Å². The van der Waals surface area contributed by atoms with Gasteiger partial charge in [-0.2, -0.15) is 0 Å². The maximum atomic E-state index is 11.2. The number of carbonyl (C=O) groups excluding carboxylic acids is 2. The summed E-state index contributed by atoms with van der Waals surface area (Å²) in [6.45, 7) is 5.09. The standard InChI is InChI=1S/C10H20N2O4/c1-8(2)7-12-10(15)9(14)11-3-5-16-6-4-13/h8,13H,3-7H2,1-2H3,(H,11,14)(H,12,15). The number of ether oxygens (including phenoxy) is 1. The van der Waals surface area contributed by atoms with Crippen LogP contribution < -0.4 is 10.6 Å². The van der Waals surface area contributed by atoms with E-state index < -0.39 is 11.8 Å². The zero-order chi connectivity index (χ0) is 12.4. The van der Waals surface area contributed by atoms with Gasteiger partial charge in [-0.3, -0.25) is 9.59 Å². The summed E-state index contributed by atoms with van der Waals surface area (Å²) < 4.78 is 4.91. The molecule has 0 unspecified atom stereocenters. The highest BCUT2D eigenvalue weighted by atomic mass is 16.5. The fraction of sp³-hybridized carbons (Fsp3) is 0.800. The maximum absolute atomic E-state index is 11.2. The predicted octanol–water partition coefficient (Wildman–Crippen LogP) is -1.12. The van der Waals surface area contributed by atoms with E-state index >= 15 is 0 Å². The van der Waals surface area contributed by atoms with E-state index in [0.29, 0.717) is 12.5 Å². The average molecular weight is 232 g/mol. The molecule has 0 bridgehead atoms. The maximum Gasteiger partial charge on any atom is 0.309 e. The van der Waals surface area contributed by atoms with Gasteiger partial charge >= 0.3 is 11.8 Å². The number of amides is 2. The molecule has 6 heteroatoms. The van der Waals surface area contributed by atoms with E-state index in [0.717, 1.165) is 0 Å². The number of hydrogen-bond donors (Lipinski definition) is 3. The summed E-state index contributed by atoms with van der Waals surface area (Å²) in [5, 5.41) is 13.3. The van der Waals surface area contributed by atoms with Crippen LogP contribution in [0, 0.1) is 5.92 Å². The molecule has 0 heterocycles. The fourth-order valence-corrected chi connectivity index (χ4v) is 0.861. The lowest BCUT2D eigenvalue weighted by atomic mass is 10.2. The van der Waals surface area contributed by atoms with Gasteiger partial charge in [0.2, 0.25) is 0 Å². The monoisotopic (exact) mass is 232 g/mol. The Morgan fingerprint density at radius 1 is 1.19 bits per heavy atom. The van der Waals surface area contributed by atoms with Gasteiger partial charge in [-0.15, -0.1) is 0 Å². The minimum Gasteiger partial charge on any atom is -0.394 e. The highest BCUT2D eigenvalue weighted by Gasteiger charge is 2.12. The molecule has 0 saturated carbocycles. The minimum atomic E-state index is -0.659. The minimum absolute atomic E-state index is 0.0528. The summed E-state index contributed by atoms with van der Waals surface area (Å²) in [7, 11) is 0. The molecular weight excluding hydrogens is 212 g/mol. The molecule has 0 aromatic heterocycles. The summed E-state index contributed by atoms with van der Waals surface area (Å²) >= 11 is 0. The van der Waals surface area contributed by atoms with Crippen LogP contribution in [-0.2, 0) is 14.3 Å². The van der Waals surface area contributed by atoms with Crippen molar-refractivity contribution in [2.24, 2.45) is 5.92 Å². The number of aliphatic hydroxyl groups is 1. The molecule has 0 aliphatic heterocycles. The van der Waals surface area contributed by atoms with Gasteiger partial charge in [0.25, 0.3) is 0 Å². The number of rotatable bonds is 7. The molecule has 94 valence electrons. The molecule has 0 spiro atoms. The van der Waals surface area contributed by atoms with Crippen LogP contribution in [-0.4, -0.2) is 49.8 Å². The Bertz CT molecular complexity index is 219. The molecule has 6 nitrogen and oxygen atoms in total. The van der Waals surface area contributed by atoms with E-state index in [9.17, 15) is 9.59 Å². The van der Waals surface area contributed by atoms with E-state index in [1.807, 2.05) is 13.8 Å². The third-order valence-corrected chi connectivity index (χ3v) is 1.64. The van der Waals surface area contributed by atoms with Crippen molar-refractivity contribution < 1.29 is 19.4 Å². The third kappa shape index (κ3) is 8.19. The predicted molar refractivity (Wildman–Crippen MR) is 58.8 cm³/mol. The van der Waals surface area contributed by atoms with Crippen molar-refractivity contribution in [1.29, 1.82) is 0 Å². The highest BCUT2D eigenvalue weighted by Crippen LogP contribution is 1.86. The number of nitrogens with one attached hydrogen (secondary N) is 2. The van der Waals surface area contributed by atoms with Crippen LogP contribution >= 0.6 is 0 Å². The SMILES string of the molecule is CC(C)CNC(=O)C(=O)NCCOCCO. The van der Waals surface area contributed by atoms with Gasteiger partial charge in [-0.1, -0.05) is 13.8 Å². The first-order chi connectivity index (χ1) is 7.57. The first-order valence-electron chi connectivity index (χ1n) is 5.32. The number of carbonyl (C=O) groups is 2. The Morgan fingerprint density at radius 2 is 1.81 bits per heavy atom. The molecule has 0 aromatic carbocycles. The molecule has 0 radical (unpaired) electrons. The largest absolute Gasteiger partial charge is 0.394 e. The van der Waals surface area contributed by atoms with Gasteiger partial charge < -0.3 is 20.5 Å². The summed E-state index contributed by atoms with van der Waals surface area (Å²) in [5.41, 5.74) is 0. The van der Waals surface area contributed by atoms with Crippen LogP contribution in [0.4, 0.5) is 0 Å². The van der Waals surface area contributed by atoms with Crippen LogP contribution in [0.1, 0.15) is 13.8 Å². The van der Waals surface area contributed by atoms with Crippen molar-refractivity contribution in [3.63, 3.8) is 0 Å². The quantitative estimate of drug-likeness (QED) is 0.383. The lowest BCUT2D eigenvalue weighted by Crippen LogP contribution is -2.42. The highest BCUT2D eigenvalue weighted by molar-refractivity contribution is 6.35. The smallest absolute Gasteiger partial charge is 0.309 e. The lowest BCUT2D eigenvalue weighted by molar-refractivity contribution is -0.139. The van der Waals surface area contributed by atoms with Crippen LogP contribution in [0.3, 0.4) is 0 Å². The molecule has 3 N–H and O–H groups in total. The second kappa shape index (κ2) is 9.11.